The average Bonchev–Trinajstić information content (AvgIpc) is 3.18. The van der Waals surface area contributed by atoms with Crippen molar-refractivity contribution in [1.82, 2.24) is 10.3 Å². The van der Waals surface area contributed by atoms with Gasteiger partial charge in [-0.3, -0.25) is 0 Å². The summed E-state index contributed by atoms with van der Waals surface area (Å²) in [5.74, 6) is 1.52. The van der Waals surface area contributed by atoms with Crippen molar-refractivity contribution in [3.8, 4) is 0 Å². The van der Waals surface area contributed by atoms with Crippen molar-refractivity contribution in [1.29, 1.82) is 0 Å². The first-order valence-corrected chi connectivity index (χ1v) is 9.30. The lowest BCUT2D eigenvalue weighted by molar-refractivity contribution is -0.0889. The summed E-state index contributed by atoms with van der Waals surface area (Å²) in [6, 6.07) is 4.80. The first kappa shape index (κ1) is 16.1. The first-order chi connectivity index (χ1) is 11.9. The zero-order valence-corrected chi connectivity index (χ0v) is 14.2. The summed E-state index contributed by atoms with van der Waals surface area (Å²) in [6.45, 7) is 5.77. The molecule has 0 bridgehead atoms. The number of rotatable bonds is 4. The number of piperidine rings is 2. The third kappa shape index (κ3) is 3.82. The third-order valence-corrected chi connectivity index (χ3v) is 5.33. The van der Waals surface area contributed by atoms with E-state index in [1.807, 2.05) is 6.20 Å². The van der Waals surface area contributed by atoms with Crippen molar-refractivity contribution in [2.45, 2.75) is 38.0 Å². The number of nitrogens with zero attached hydrogens (tertiary/aromatic N) is 2. The van der Waals surface area contributed by atoms with Gasteiger partial charge in [0.1, 0.15) is 5.82 Å². The van der Waals surface area contributed by atoms with Crippen molar-refractivity contribution >= 4 is 11.5 Å². The SMILES string of the molecule is c1cc(NC2CCCNC2)ncc1N1CCC(C2OCCO2)CC1. The van der Waals surface area contributed by atoms with Crippen LogP contribution < -0.4 is 15.5 Å². The minimum atomic E-state index is 0.0287. The van der Waals surface area contributed by atoms with E-state index in [4.69, 9.17) is 9.47 Å². The fraction of sp³-hybridized carbons (Fsp3) is 0.722. The zero-order valence-electron chi connectivity index (χ0n) is 14.2. The van der Waals surface area contributed by atoms with Crippen LogP contribution in [-0.4, -0.2) is 56.7 Å². The molecule has 3 fully saturated rings. The number of aromatic nitrogens is 1. The normalized spacial score (nSPS) is 26.7. The maximum absolute atomic E-state index is 5.65. The van der Waals surface area contributed by atoms with E-state index in [1.165, 1.54) is 18.5 Å². The number of hydrogen-bond acceptors (Lipinski definition) is 6. The van der Waals surface area contributed by atoms with E-state index in [0.717, 1.165) is 58.1 Å². The second-order valence-corrected chi connectivity index (χ2v) is 7.02. The quantitative estimate of drug-likeness (QED) is 0.877. The Bertz CT molecular complexity index is 504. The molecule has 6 heteroatoms. The molecule has 1 atom stereocenters. The molecule has 132 valence electrons. The van der Waals surface area contributed by atoms with Gasteiger partial charge in [0.25, 0.3) is 0 Å². The van der Waals surface area contributed by atoms with Crippen molar-refractivity contribution in [3.05, 3.63) is 18.3 Å². The first-order valence-electron chi connectivity index (χ1n) is 9.30. The molecule has 6 nitrogen and oxygen atoms in total. The fourth-order valence-corrected chi connectivity index (χ4v) is 3.92. The molecule has 0 amide bonds. The smallest absolute Gasteiger partial charge is 0.160 e. The Labute approximate surface area is 143 Å². The number of ether oxygens (including phenoxy) is 2. The summed E-state index contributed by atoms with van der Waals surface area (Å²) < 4.78 is 11.3. The van der Waals surface area contributed by atoms with Crippen LogP contribution in [0.25, 0.3) is 0 Å². The monoisotopic (exact) mass is 332 g/mol. The molecule has 3 aliphatic heterocycles. The van der Waals surface area contributed by atoms with Crippen LogP contribution in [-0.2, 0) is 9.47 Å². The molecule has 1 unspecified atom stereocenters. The Kier molecular flexibility index (Phi) is 5.16. The van der Waals surface area contributed by atoms with Gasteiger partial charge in [-0.2, -0.15) is 0 Å². The molecule has 0 radical (unpaired) electrons. The van der Waals surface area contributed by atoms with Gasteiger partial charge in [-0.05, 0) is 44.4 Å². The second kappa shape index (κ2) is 7.68. The number of pyridine rings is 1. The molecule has 0 aliphatic carbocycles. The molecule has 3 aliphatic rings. The van der Waals surface area contributed by atoms with Gasteiger partial charge in [-0.1, -0.05) is 0 Å². The molecular weight excluding hydrogens is 304 g/mol. The summed E-state index contributed by atoms with van der Waals surface area (Å²) in [5.41, 5.74) is 1.22. The second-order valence-electron chi connectivity index (χ2n) is 7.02. The summed E-state index contributed by atoms with van der Waals surface area (Å²) in [6.07, 6.45) is 6.73. The molecule has 0 spiro atoms. The van der Waals surface area contributed by atoms with E-state index in [2.05, 4.69) is 32.7 Å². The highest BCUT2D eigenvalue weighted by Gasteiger charge is 2.30. The number of anilines is 2. The molecule has 4 heterocycles. The molecule has 4 rings (SSSR count). The molecular formula is C18H28N4O2. The van der Waals surface area contributed by atoms with Crippen molar-refractivity contribution in [2.75, 3.05) is 49.6 Å². The Morgan fingerprint density at radius 2 is 1.96 bits per heavy atom. The third-order valence-electron chi connectivity index (χ3n) is 5.33. The van der Waals surface area contributed by atoms with Crippen LogP contribution in [0.4, 0.5) is 11.5 Å². The standard InChI is InChI=1S/C18H28N4O2/c1-2-15(12-19-7-1)21-17-4-3-16(13-20-17)22-8-5-14(6-9-22)18-23-10-11-24-18/h3-4,13-15,18-19H,1-2,5-12H2,(H,20,21). The van der Waals surface area contributed by atoms with E-state index in [1.54, 1.807) is 0 Å². The Morgan fingerprint density at radius 1 is 1.12 bits per heavy atom. The lowest BCUT2D eigenvalue weighted by atomic mass is 9.96. The molecule has 24 heavy (non-hydrogen) atoms. The van der Waals surface area contributed by atoms with Gasteiger partial charge in [0.2, 0.25) is 0 Å². The molecule has 0 saturated carbocycles. The lowest BCUT2D eigenvalue weighted by Gasteiger charge is -2.35. The van der Waals surface area contributed by atoms with Crippen molar-refractivity contribution < 1.29 is 9.47 Å². The summed E-state index contributed by atoms with van der Waals surface area (Å²) >= 11 is 0. The average molecular weight is 332 g/mol. The van der Waals surface area contributed by atoms with Crippen LogP contribution in [0.1, 0.15) is 25.7 Å². The van der Waals surface area contributed by atoms with Crippen LogP contribution >= 0.6 is 0 Å². The Morgan fingerprint density at radius 3 is 2.62 bits per heavy atom. The summed E-state index contributed by atoms with van der Waals surface area (Å²) in [5, 5.41) is 6.96. The molecule has 3 saturated heterocycles. The van der Waals surface area contributed by atoms with Crippen molar-refractivity contribution in [2.24, 2.45) is 5.92 Å². The maximum Gasteiger partial charge on any atom is 0.160 e. The minimum Gasteiger partial charge on any atom is -0.370 e. The number of nitrogens with one attached hydrogen (secondary N) is 2. The number of hydrogen-bond donors (Lipinski definition) is 2. The molecule has 1 aromatic heterocycles. The van der Waals surface area contributed by atoms with Crippen LogP contribution in [0.2, 0.25) is 0 Å². The van der Waals surface area contributed by atoms with Gasteiger partial charge in [-0.15, -0.1) is 0 Å². The van der Waals surface area contributed by atoms with Crippen LogP contribution in [0, 0.1) is 5.92 Å². The van der Waals surface area contributed by atoms with E-state index in [9.17, 15) is 0 Å². The van der Waals surface area contributed by atoms with E-state index >= 15 is 0 Å². The van der Waals surface area contributed by atoms with Gasteiger partial charge >= 0.3 is 0 Å². The Balaban J connectivity index is 1.29. The van der Waals surface area contributed by atoms with Gasteiger partial charge in [0.15, 0.2) is 6.29 Å². The highest BCUT2D eigenvalue weighted by Crippen LogP contribution is 2.28. The predicted octanol–water partition coefficient (Wildman–Crippen LogP) is 1.83. The van der Waals surface area contributed by atoms with E-state index < -0.39 is 0 Å². The maximum atomic E-state index is 5.65. The molecule has 2 N–H and O–H groups in total. The molecule has 1 aromatic rings. The van der Waals surface area contributed by atoms with Gasteiger partial charge in [0.05, 0.1) is 25.1 Å². The predicted molar refractivity (Wildman–Crippen MR) is 94.4 cm³/mol. The van der Waals surface area contributed by atoms with E-state index in [-0.39, 0.29) is 6.29 Å². The van der Waals surface area contributed by atoms with Gasteiger partial charge in [0, 0.05) is 31.6 Å². The van der Waals surface area contributed by atoms with Crippen LogP contribution in [0.5, 0.6) is 0 Å². The lowest BCUT2D eigenvalue weighted by Crippen LogP contribution is -2.39. The Hall–Kier alpha value is -1.37. The fourth-order valence-electron chi connectivity index (χ4n) is 3.92. The molecule has 0 aromatic carbocycles. The van der Waals surface area contributed by atoms with Gasteiger partial charge < -0.3 is 25.0 Å². The summed E-state index contributed by atoms with van der Waals surface area (Å²) in [4.78, 5) is 7.04. The highest BCUT2D eigenvalue weighted by atomic mass is 16.7. The summed E-state index contributed by atoms with van der Waals surface area (Å²) in [7, 11) is 0. The topological polar surface area (TPSA) is 58.7 Å². The van der Waals surface area contributed by atoms with Crippen molar-refractivity contribution in [3.63, 3.8) is 0 Å². The van der Waals surface area contributed by atoms with Crippen LogP contribution in [0.3, 0.4) is 0 Å². The van der Waals surface area contributed by atoms with E-state index in [0.29, 0.717) is 12.0 Å². The zero-order chi connectivity index (χ0) is 16.2. The largest absolute Gasteiger partial charge is 0.370 e. The van der Waals surface area contributed by atoms with Gasteiger partial charge in [-0.25, -0.2) is 4.98 Å². The minimum absolute atomic E-state index is 0.0287. The van der Waals surface area contributed by atoms with Crippen LogP contribution in [0.15, 0.2) is 18.3 Å². The highest BCUT2D eigenvalue weighted by molar-refractivity contribution is 5.50.